The van der Waals surface area contributed by atoms with Crippen molar-refractivity contribution < 1.29 is 24.8 Å². The third-order valence-electron chi connectivity index (χ3n) is 4.44. The lowest BCUT2D eigenvalue weighted by molar-refractivity contribution is -0.0511. The highest BCUT2D eigenvalue weighted by Crippen LogP contribution is 2.32. The zero-order chi connectivity index (χ0) is 16.7. The number of hydrogen-bond acceptors (Lipinski definition) is 9. The molecule has 4 heterocycles. The third kappa shape index (κ3) is 2.43. The molecule has 2 saturated heterocycles. The Morgan fingerprint density at radius 1 is 1.12 bits per heavy atom. The maximum absolute atomic E-state index is 10.2. The fraction of sp³-hybridized carbons (Fsp3) is 0.643. The Hall–Kier alpha value is -1.85. The first-order valence-corrected chi connectivity index (χ1v) is 7.83. The highest BCUT2D eigenvalue weighted by atomic mass is 16.6. The largest absolute Gasteiger partial charge is 0.394 e. The topological polar surface area (TPSA) is 126 Å². The van der Waals surface area contributed by atoms with Gasteiger partial charge in [0.1, 0.15) is 24.6 Å². The molecule has 10 heteroatoms. The Labute approximate surface area is 137 Å². The van der Waals surface area contributed by atoms with E-state index < -0.39 is 24.5 Å². The van der Waals surface area contributed by atoms with Gasteiger partial charge in [-0.05, 0) is 0 Å². The van der Waals surface area contributed by atoms with Crippen LogP contribution in [0.4, 0.5) is 5.82 Å². The third-order valence-corrected chi connectivity index (χ3v) is 4.44. The lowest BCUT2D eigenvalue weighted by atomic mass is 10.1. The maximum atomic E-state index is 10.2. The molecule has 0 amide bonds. The van der Waals surface area contributed by atoms with Crippen molar-refractivity contribution in [2.45, 2.75) is 24.5 Å². The number of aliphatic hydroxyl groups excluding tert-OH is 3. The van der Waals surface area contributed by atoms with E-state index in [2.05, 4.69) is 19.9 Å². The van der Waals surface area contributed by atoms with E-state index in [1.165, 1.54) is 12.7 Å². The van der Waals surface area contributed by atoms with Crippen LogP contribution in [-0.4, -0.2) is 86.1 Å². The van der Waals surface area contributed by atoms with Crippen molar-refractivity contribution in [1.29, 1.82) is 0 Å². The Balaban J connectivity index is 1.71. The van der Waals surface area contributed by atoms with Gasteiger partial charge < -0.3 is 29.7 Å². The Morgan fingerprint density at radius 2 is 1.92 bits per heavy atom. The highest BCUT2D eigenvalue weighted by molar-refractivity contribution is 5.83. The van der Waals surface area contributed by atoms with Gasteiger partial charge in [-0.2, -0.15) is 0 Å². The summed E-state index contributed by atoms with van der Waals surface area (Å²) in [4.78, 5) is 15.0. The van der Waals surface area contributed by atoms with Crippen LogP contribution >= 0.6 is 0 Å². The van der Waals surface area contributed by atoms with E-state index in [-0.39, 0.29) is 6.61 Å². The van der Waals surface area contributed by atoms with Gasteiger partial charge in [-0.25, -0.2) is 15.0 Å². The lowest BCUT2D eigenvalue weighted by Gasteiger charge is -2.27. The summed E-state index contributed by atoms with van der Waals surface area (Å²) in [5.41, 5.74) is 1.10. The number of hydrogen-bond donors (Lipinski definition) is 3. The fourth-order valence-electron chi connectivity index (χ4n) is 3.14. The molecule has 0 aromatic carbocycles. The van der Waals surface area contributed by atoms with Gasteiger partial charge in [0.05, 0.1) is 26.1 Å². The van der Waals surface area contributed by atoms with Gasteiger partial charge in [-0.15, -0.1) is 0 Å². The first kappa shape index (κ1) is 15.7. The van der Waals surface area contributed by atoms with Gasteiger partial charge in [-0.3, -0.25) is 4.57 Å². The van der Waals surface area contributed by atoms with E-state index in [1.807, 2.05) is 0 Å². The number of anilines is 1. The van der Waals surface area contributed by atoms with Crippen molar-refractivity contribution in [2.24, 2.45) is 0 Å². The summed E-state index contributed by atoms with van der Waals surface area (Å²) in [5.74, 6) is 0.703. The molecule has 2 aliphatic heterocycles. The van der Waals surface area contributed by atoms with Gasteiger partial charge in [0.15, 0.2) is 23.2 Å². The molecule has 4 rings (SSSR count). The van der Waals surface area contributed by atoms with Crippen molar-refractivity contribution >= 4 is 17.0 Å². The van der Waals surface area contributed by atoms with Crippen molar-refractivity contribution in [3.8, 4) is 0 Å². The van der Waals surface area contributed by atoms with Crippen LogP contribution in [0.15, 0.2) is 12.7 Å². The predicted molar refractivity (Wildman–Crippen MR) is 81.4 cm³/mol. The molecule has 130 valence electrons. The second-order valence-electron chi connectivity index (χ2n) is 5.85. The fourth-order valence-corrected chi connectivity index (χ4v) is 3.14. The summed E-state index contributed by atoms with van der Waals surface area (Å²) in [6.07, 6.45) is -1.12. The number of nitrogens with zero attached hydrogens (tertiary/aromatic N) is 5. The minimum Gasteiger partial charge on any atom is -0.394 e. The molecule has 0 aliphatic carbocycles. The summed E-state index contributed by atoms with van der Waals surface area (Å²) in [6.45, 7) is 2.30. The number of morpholine rings is 1. The lowest BCUT2D eigenvalue weighted by Crippen LogP contribution is -2.37. The number of aliphatic hydroxyl groups is 3. The first-order valence-electron chi connectivity index (χ1n) is 7.83. The van der Waals surface area contributed by atoms with Gasteiger partial charge in [0, 0.05) is 13.1 Å². The van der Waals surface area contributed by atoms with Crippen LogP contribution in [0.5, 0.6) is 0 Å². The molecule has 3 N–H and O–H groups in total. The molecule has 0 bridgehead atoms. The molecule has 4 atom stereocenters. The van der Waals surface area contributed by atoms with Crippen LogP contribution < -0.4 is 4.90 Å². The molecule has 2 aliphatic rings. The SMILES string of the molecule is OC[C@H]1O[C@@H](n2cnc3c(N4CCOCC4)ncnc32)[C@@H](O)[C@@H]1O. The smallest absolute Gasteiger partial charge is 0.167 e. The number of ether oxygens (including phenoxy) is 2. The van der Waals surface area contributed by atoms with Gasteiger partial charge in [0.25, 0.3) is 0 Å². The monoisotopic (exact) mass is 337 g/mol. The quantitative estimate of drug-likeness (QED) is 0.599. The van der Waals surface area contributed by atoms with Crippen LogP contribution in [-0.2, 0) is 9.47 Å². The summed E-state index contributed by atoms with van der Waals surface area (Å²) in [5, 5.41) is 29.4. The van der Waals surface area contributed by atoms with Crippen LogP contribution in [0.3, 0.4) is 0 Å². The molecule has 10 nitrogen and oxygen atoms in total. The summed E-state index contributed by atoms with van der Waals surface area (Å²) in [7, 11) is 0. The number of rotatable bonds is 3. The molecule has 2 aromatic rings. The summed E-state index contributed by atoms with van der Waals surface area (Å²) in [6, 6.07) is 0. The van der Waals surface area contributed by atoms with Gasteiger partial charge in [0.2, 0.25) is 0 Å². The van der Waals surface area contributed by atoms with Crippen LogP contribution in [0.2, 0.25) is 0 Å². The number of fused-ring (bicyclic) bond motifs is 1. The zero-order valence-corrected chi connectivity index (χ0v) is 12.9. The van der Waals surface area contributed by atoms with Crippen LogP contribution in [0, 0.1) is 0 Å². The molecular weight excluding hydrogens is 318 g/mol. The number of aromatic nitrogens is 4. The van der Waals surface area contributed by atoms with Gasteiger partial charge in [-0.1, -0.05) is 0 Å². The van der Waals surface area contributed by atoms with Crippen molar-refractivity contribution in [1.82, 2.24) is 19.5 Å². The Morgan fingerprint density at radius 3 is 2.62 bits per heavy atom. The van der Waals surface area contributed by atoms with E-state index in [4.69, 9.17) is 9.47 Å². The Bertz CT molecular complexity index is 719. The van der Waals surface area contributed by atoms with Crippen molar-refractivity contribution in [3.63, 3.8) is 0 Å². The van der Waals surface area contributed by atoms with Crippen molar-refractivity contribution in [3.05, 3.63) is 12.7 Å². The van der Waals surface area contributed by atoms with Crippen LogP contribution in [0.25, 0.3) is 11.2 Å². The molecule has 2 fully saturated rings. The molecule has 0 spiro atoms. The highest BCUT2D eigenvalue weighted by Gasteiger charge is 2.44. The molecule has 2 aromatic heterocycles. The van der Waals surface area contributed by atoms with E-state index >= 15 is 0 Å². The van der Waals surface area contributed by atoms with E-state index in [0.717, 1.165) is 0 Å². The second kappa shape index (κ2) is 6.22. The average Bonchev–Trinajstić information content (AvgIpc) is 3.17. The predicted octanol–water partition coefficient (Wildman–Crippen LogP) is -1.73. The molecular formula is C14H19N5O5. The molecule has 0 saturated carbocycles. The van der Waals surface area contributed by atoms with E-state index in [9.17, 15) is 15.3 Å². The first-order chi connectivity index (χ1) is 11.7. The molecule has 24 heavy (non-hydrogen) atoms. The summed E-state index contributed by atoms with van der Waals surface area (Å²) >= 11 is 0. The maximum Gasteiger partial charge on any atom is 0.167 e. The second-order valence-corrected chi connectivity index (χ2v) is 5.85. The van der Waals surface area contributed by atoms with Gasteiger partial charge >= 0.3 is 0 Å². The van der Waals surface area contributed by atoms with E-state index in [1.54, 1.807) is 4.57 Å². The minimum absolute atomic E-state index is 0.380. The van der Waals surface area contributed by atoms with Crippen molar-refractivity contribution in [2.75, 3.05) is 37.8 Å². The standard InChI is InChI=1S/C14H19N5O5/c20-5-8-10(21)11(22)14(24-8)19-7-17-9-12(15-6-16-13(9)19)18-1-3-23-4-2-18/h6-8,10-11,14,20-22H,1-5H2/t8-,10-,11+,14-/m1/s1. The molecule has 0 radical (unpaired) electrons. The normalized spacial score (nSPS) is 31.0. The average molecular weight is 337 g/mol. The molecule has 0 unspecified atom stereocenters. The Kier molecular flexibility index (Phi) is 4.06. The summed E-state index contributed by atoms with van der Waals surface area (Å²) < 4.78 is 12.5. The van der Waals surface area contributed by atoms with E-state index in [0.29, 0.717) is 43.3 Å². The minimum atomic E-state index is -1.18. The van der Waals surface area contributed by atoms with Crippen LogP contribution in [0.1, 0.15) is 6.23 Å². The zero-order valence-electron chi connectivity index (χ0n) is 12.9. The number of imidazole rings is 1.